The first-order valence-electron chi connectivity index (χ1n) is 13.1. The summed E-state index contributed by atoms with van der Waals surface area (Å²) in [4.78, 5) is 12.0. The second-order valence-corrected chi connectivity index (χ2v) is 13.2. The van der Waals surface area contributed by atoms with Gasteiger partial charge in [0.2, 0.25) is 10.0 Å². The summed E-state index contributed by atoms with van der Waals surface area (Å²) >= 11 is 12.6. The van der Waals surface area contributed by atoms with Gasteiger partial charge in [-0.15, -0.1) is 12.4 Å². The average Bonchev–Trinajstić information content (AvgIpc) is 3.51. The number of benzene rings is 1. The normalized spacial score (nSPS) is 22.5. The van der Waals surface area contributed by atoms with Gasteiger partial charge in [-0.1, -0.05) is 42.3 Å². The molecule has 0 bridgehead atoms. The van der Waals surface area contributed by atoms with E-state index in [2.05, 4.69) is 38.8 Å². The third-order valence-electron chi connectivity index (χ3n) is 7.85. The van der Waals surface area contributed by atoms with Crippen LogP contribution in [0.1, 0.15) is 62.5 Å². The van der Waals surface area contributed by atoms with Crippen LogP contribution < -0.4 is 4.72 Å². The molecule has 1 aliphatic carbocycles. The number of nitriles is 1. The molecule has 4 atom stereocenters. The summed E-state index contributed by atoms with van der Waals surface area (Å²) in [7, 11) is -3.22. The van der Waals surface area contributed by atoms with Crippen molar-refractivity contribution in [1.82, 2.24) is 29.4 Å². The zero-order valence-electron chi connectivity index (χ0n) is 22.5. The van der Waals surface area contributed by atoms with Crippen molar-refractivity contribution in [2.45, 2.75) is 57.7 Å². The Morgan fingerprint density at radius 1 is 1.30 bits per heavy atom. The zero-order valence-corrected chi connectivity index (χ0v) is 25.7. The number of halogens is 3. The van der Waals surface area contributed by atoms with E-state index in [0.29, 0.717) is 39.7 Å². The smallest absolute Gasteiger partial charge is 0.208 e. The van der Waals surface area contributed by atoms with Crippen molar-refractivity contribution in [2.24, 2.45) is 5.92 Å². The number of fused-ring (bicyclic) bond motifs is 1. The molecule has 3 heterocycles. The monoisotopic (exact) mass is 623 g/mol. The van der Waals surface area contributed by atoms with E-state index < -0.39 is 10.0 Å². The molecule has 214 valence electrons. The lowest BCUT2D eigenvalue weighted by molar-refractivity contribution is 0.133. The summed E-state index contributed by atoms with van der Waals surface area (Å²) in [5, 5.41) is 15.3. The molecule has 2 aromatic heterocycles. The predicted octanol–water partition coefficient (Wildman–Crippen LogP) is 5.23. The lowest BCUT2D eigenvalue weighted by Gasteiger charge is -2.39. The number of nitrogens with zero attached hydrogens (tertiary/aromatic N) is 6. The van der Waals surface area contributed by atoms with Gasteiger partial charge in [0, 0.05) is 28.7 Å². The Labute approximate surface area is 251 Å². The van der Waals surface area contributed by atoms with E-state index in [0.717, 1.165) is 49.1 Å². The summed E-state index contributed by atoms with van der Waals surface area (Å²) < 4.78 is 27.7. The maximum atomic E-state index is 11.6. The number of hydrogen-bond donors (Lipinski definition) is 1. The minimum atomic E-state index is -3.22. The van der Waals surface area contributed by atoms with E-state index in [-0.39, 0.29) is 30.2 Å². The fourth-order valence-corrected chi connectivity index (χ4v) is 6.94. The molecule has 1 unspecified atom stereocenters. The van der Waals surface area contributed by atoms with Gasteiger partial charge in [-0.2, -0.15) is 10.4 Å². The van der Waals surface area contributed by atoms with E-state index in [4.69, 9.17) is 28.2 Å². The summed E-state index contributed by atoms with van der Waals surface area (Å²) in [6, 6.07) is 7.71. The summed E-state index contributed by atoms with van der Waals surface area (Å²) in [6.45, 7) is 5.61. The van der Waals surface area contributed by atoms with Crippen molar-refractivity contribution < 1.29 is 8.42 Å². The first kappa shape index (κ1) is 30.7. The zero-order chi connectivity index (χ0) is 27.9. The number of allylic oxidation sites excluding steroid dienone is 1. The highest BCUT2D eigenvalue weighted by atomic mass is 35.5. The second-order valence-electron chi connectivity index (χ2n) is 10.5. The number of nitrogens with one attached hydrogen (secondary N) is 1. The maximum absolute atomic E-state index is 11.6. The first-order chi connectivity index (χ1) is 18.6. The quantitative estimate of drug-likeness (QED) is 0.383. The maximum Gasteiger partial charge on any atom is 0.208 e. The molecule has 9 nitrogen and oxygen atoms in total. The van der Waals surface area contributed by atoms with Crippen molar-refractivity contribution in [3.05, 3.63) is 57.5 Å². The number of rotatable bonds is 7. The van der Waals surface area contributed by atoms with Gasteiger partial charge in [0.05, 0.1) is 24.2 Å². The van der Waals surface area contributed by atoms with Gasteiger partial charge in [0.25, 0.3) is 0 Å². The van der Waals surface area contributed by atoms with Crippen molar-refractivity contribution in [2.75, 3.05) is 19.3 Å². The fraction of sp³-hybridized carbons (Fsp3) is 0.481. The van der Waals surface area contributed by atoms with Crippen molar-refractivity contribution in [3.63, 3.8) is 0 Å². The SMILES string of the molecule is CC(c1ccc(Cl)cc1Cl)n1nc(C#N)c2ncc(C3=CC[C@H](N4CCC[C@H]4CNS(C)(=O)=O)[C@H](C)C3)nc21.Cl. The van der Waals surface area contributed by atoms with Crippen LogP contribution in [0.2, 0.25) is 10.0 Å². The molecule has 1 N–H and O–H groups in total. The van der Waals surface area contributed by atoms with Gasteiger partial charge in [-0.3, -0.25) is 4.90 Å². The van der Waals surface area contributed by atoms with Crippen LogP contribution in [0.5, 0.6) is 0 Å². The van der Waals surface area contributed by atoms with E-state index in [1.165, 1.54) is 6.26 Å². The molecule has 1 saturated heterocycles. The van der Waals surface area contributed by atoms with Crippen LogP contribution in [-0.4, -0.2) is 64.5 Å². The standard InChI is InChI=1S/C27H31Cl2N7O2S.ClH/c1-16-11-18(6-9-25(16)35-10-4-5-20(35)14-32-39(3,37)38)24-15-31-26-23(13-30)34-36(27(26)33-24)17(2)21-8-7-19(28)12-22(21)29;/h6-8,12,15-17,20,25,32H,4-5,9-11,14H2,1-3H3;1H/t16-,17?,20+,25+;/m1./s1. The van der Waals surface area contributed by atoms with E-state index >= 15 is 0 Å². The highest BCUT2D eigenvalue weighted by molar-refractivity contribution is 7.88. The highest BCUT2D eigenvalue weighted by Crippen LogP contribution is 2.37. The van der Waals surface area contributed by atoms with Gasteiger partial charge in [0.1, 0.15) is 11.6 Å². The average molecular weight is 625 g/mol. The second kappa shape index (κ2) is 12.3. The number of likely N-dealkylation sites (tertiary alicyclic amines) is 1. The number of hydrogen-bond acceptors (Lipinski definition) is 7. The van der Waals surface area contributed by atoms with Crippen molar-refractivity contribution in [3.8, 4) is 6.07 Å². The Hall–Kier alpha value is -2.26. The van der Waals surface area contributed by atoms with E-state index in [9.17, 15) is 13.7 Å². The van der Waals surface area contributed by atoms with Gasteiger partial charge >= 0.3 is 0 Å². The fourth-order valence-electron chi connectivity index (χ4n) is 5.88. The molecule has 1 aromatic carbocycles. The Morgan fingerprint density at radius 2 is 2.08 bits per heavy atom. The highest BCUT2D eigenvalue weighted by Gasteiger charge is 2.35. The molecule has 0 saturated carbocycles. The molecular weight excluding hydrogens is 593 g/mol. The van der Waals surface area contributed by atoms with Gasteiger partial charge < -0.3 is 0 Å². The molecule has 0 spiro atoms. The minimum absolute atomic E-state index is 0. The number of aromatic nitrogens is 4. The van der Waals surface area contributed by atoms with Gasteiger partial charge in [-0.25, -0.2) is 27.8 Å². The Kier molecular flexibility index (Phi) is 9.45. The molecule has 3 aromatic rings. The van der Waals surface area contributed by atoms with Gasteiger partial charge in [0.15, 0.2) is 11.3 Å². The van der Waals surface area contributed by atoms with Crippen LogP contribution in [0.15, 0.2) is 30.5 Å². The summed E-state index contributed by atoms with van der Waals surface area (Å²) in [6.07, 6.45) is 8.90. The molecule has 1 aliphatic heterocycles. The topological polar surface area (TPSA) is 117 Å². The van der Waals surface area contributed by atoms with Crippen LogP contribution in [0.3, 0.4) is 0 Å². The van der Waals surface area contributed by atoms with Crippen LogP contribution in [0.25, 0.3) is 16.7 Å². The molecule has 2 aliphatic rings. The molecule has 5 rings (SSSR count). The van der Waals surface area contributed by atoms with Crippen LogP contribution in [0.4, 0.5) is 0 Å². The van der Waals surface area contributed by atoms with Crippen LogP contribution in [-0.2, 0) is 10.0 Å². The molecule has 40 heavy (non-hydrogen) atoms. The number of sulfonamides is 1. The summed E-state index contributed by atoms with van der Waals surface area (Å²) in [5.41, 5.74) is 3.91. The lowest BCUT2D eigenvalue weighted by Crippen LogP contribution is -2.48. The minimum Gasteiger partial charge on any atom is -0.296 e. The molecule has 0 radical (unpaired) electrons. The Morgan fingerprint density at radius 3 is 2.75 bits per heavy atom. The largest absolute Gasteiger partial charge is 0.296 e. The van der Waals surface area contributed by atoms with Crippen molar-refractivity contribution >= 4 is 62.4 Å². The Balaban J connectivity index is 0.00000370. The molecule has 0 amide bonds. The lowest BCUT2D eigenvalue weighted by atomic mass is 9.83. The third-order valence-corrected chi connectivity index (χ3v) is 9.11. The molecule has 1 fully saturated rings. The summed E-state index contributed by atoms with van der Waals surface area (Å²) in [5.74, 6) is 0.354. The van der Waals surface area contributed by atoms with E-state index in [1.54, 1.807) is 23.0 Å². The third kappa shape index (κ3) is 6.30. The first-order valence-corrected chi connectivity index (χ1v) is 15.7. The van der Waals surface area contributed by atoms with Crippen LogP contribution >= 0.6 is 35.6 Å². The van der Waals surface area contributed by atoms with Crippen LogP contribution in [0, 0.1) is 17.2 Å². The van der Waals surface area contributed by atoms with Crippen molar-refractivity contribution in [1.29, 1.82) is 5.26 Å². The Bertz CT molecular complexity index is 1580. The predicted molar refractivity (Wildman–Crippen MR) is 160 cm³/mol. The van der Waals surface area contributed by atoms with E-state index in [1.807, 2.05) is 13.0 Å². The van der Waals surface area contributed by atoms with Gasteiger partial charge in [-0.05, 0) is 68.3 Å². The molecular formula is C27H32Cl3N7O2S. The molecule has 13 heteroatoms.